The maximum absolute atomic E-state index is 12.0. The summed E-state index contributed by atoms with van der Waals surface area (Å²) in [6, 6.07) is 7.44. The van der Waals surface area contributed by atoms with E-state index >= 15 is 0 Å². The van der Waals surface area contributed by atoms with Crippen LogP contribution in [0.5, 0.6) is 0 Å². The minimum absolute atomic E-state index is 0.0377. The van der Waals surface area contributed by atoms with Crippen LogP contribution in [-0.4, -0.2) is 11.8 Å². The maximum Gasteiger partial charge on any atom is 0.244 e. The molecule has 0 bridgehead atoms. The average Bonchev–Trinajstić information content (AvgIpc) is 2.90. The molecule has 0 radical (unpaired) electrons. The Hall–Kier alpha value is -2.10. The molecule has 2 amide bonds. The van der Waals surface area contributed by atoms with E-state index in [-0.39, 0.29) is 17.9 Å². The summed E-state index contributed by atoms with van der Waals surface area (Å²) >= 11 is 0. The Morgan fingerprint density at radius 1 is 1.24 bits per heavy atom. The Labute approximate surface area is 125 Å². The molecule has 112 valence electrons. The minimum atomic E-state index is -0.102. The van der Waals surface area contributed by atoms with E-state index in [0.717, 1.165) is 24.1 Å². The molecule has 0 spiro atoms. The molecule has 2 rings (SSSR count). The van der Waals surface area contributed by atoms with Crippen molar-refractivity contribution in [2.75, 3.05) is 5.32 Å². The van der Waals surface area contributed by atoms with Gasteiger partial charge in [0.05, 0.1) is 6.04 Å². The zero-order valence-electron chi connectivity index (χ0n) is 12.6. The summed E-state index contributed by atoms with van der Waals surface area (Å²) in [7, 11) is 0. The molecule has 1 saturated carbocycles. The van der Waals surface area contributed by atoms with Gasteiger partial charge < -0.3 is 10.6 Å². The van der Waals surface area contributed by atoms with Crippen molar-refractivity contribution in [3.05, 3.63) is 41.5 Å². The molecule has 0 unspecified atom stereocenters. The van der Waals surface area contributed by atoms with E-state index < -0.39 is 0 Å². The number of benzene rings is 1. The van der Waals surface area contributed by atoms with Crippen LogP contribution < -0.4 is 10.6 Å². The van der Waals surface area contributed by atoms with Crippen LogP contribution in [0.15, 0.2) is 35.9 Å². The Bertz CT molecular complexity index is 556. The van der Waals surface area contributed by atoms with Gasteiger partial charge in [-0.25, -0.2) is 0 Å². The van der Waals surface area contributed by atoms with E-state index in [0.29, 0.717) is 0 Å². The Morgan fingerprint density at radius 3 is 2.62 bits per heavy atom. The van der Waals surface area contributed by atoms with Crippen molar-refractivity contribution in [1.82, 2.24) is 5.32 Å². The highest BCUT2D eigenvalue weighted by Gasteiger charge is 2.12. The lowest BCUT2D eigenvalue weighted by atomic mass is 10.1. The highest BCUT2D eigenvalue weighted by Crippen LogP contribution is 2.23. The van der Waals surface area contributed by atoms with E-state index in [9.17, 15) is 9.59 Å². The van der Waals surface area contributed by atoms with Gasteiger partial charge in [0.1, 0.15) is 0 Å². The molecule has 1 aromatic rings. The van der Waals surface area contributed by atoms with Crippen LogP contribution in [0.25, 0.3) is 0 Å². The van der Waals surface area contributed by atoms with Gasteiger partial charge in [0.25, 0.3) is 0 Å². The summed E-state index contributed by atoms with van der Waals surface area (Å²) in [5.74, 6) is -0.140. The third kappa shape index (κ3) is 4.74. The quantitative estimate of drug-likeness (QED) is 0.834. The van der Waals surface area contributed by atoms with Crippen LogP contribution in [0.3, 0.4) is 0 Å². The van der Waals surface area contributed by atoms with Gasteiger partial charge in [-0.3, -0.25) is 9.59 Å². The summed E-state index contributed by atoms with van der Waals surface area (Å²) in [6.07, 6.45) is 6.20. The molecular weight excluding hydrogens is 264 g/mol. The predicted molar refractivity (Wildman–Crippen MR) is 83.9 cm³/mol. The topological polar surface area (TPSA) is 58.2 Å². The Kier molecular flexibility index (Phi) is 5.14. The van der Waals surface area contributed by atoms with Crippen molar-refractivity contribution < 1.29 is 9.59 Å². The first-order chi connectivity index (χ1) is 10.0. The number of hydrogen-bond acceptors (Lipinski definition) is 2. The van der Waals surface area contributed by atoms with Gasteiger partial charge >= 0.3 is 0 Å². The van der Waals surface area contributed by atoms with Gasteiger partial charge in [-0.15, -0.1) is 0 Å². The number of rotatable bonds is 4. The van der Waals surface area contributed by atoms with Gasteiger partial charge in [-0.1, -0.05) is 17.7 Å². The van der Waals surface area contributed by atoms with Crippen molar-refractivity contribution >= 4 is 17.5 Å². The second-order valence-electron chi connectivity index (χ2n) is 5.55. The third-order valence-electron chi connectivity index (χ3n) is 3.65. The fourth-order valence-corrected chi connectivity index (χ4v) is 2.59. The molecule has 0 saturated heterocycles. The zero-order valence-corrected chi connectivity index (χ0v) is 12.6. The largest absolute Gasteiger partial charge is 0.346 e. The van der Waals surface area contributed by atoms with Crippen LogP contribution in [0, 0.1) is 0 Å². The average molecular weight is 286 g/mol. The maximum atomic E-state index is 12.0. The summed E-state index contributed by atoms with van der Waals surface area (Å²) < 4.78 is 0. The molecule has 1 aliphatic carbocycles. The van der Waals surface area contributed by atoms with E-state index in [1.807, 2.05) is 31.2 Å². The highest BCUT2D eigenvalue weighted by atomic mass is 16.2. The molecule has 21 heavy (non-hydrogen) atoms. The normalized spacial score (nSPS) is 15.4. The zero-order chi connectivity index (χ0) is 15.2. The fourth-order valence-electron chi connectivity index (χ4n) is 2.59. The standard InChI is InChI=1S/C17H22N2O2/c1-12(18-17(21)10-14-6-3-4-7-14)15-8-5-9-16(11-15)19-13(2)20/h5,8-12H,3-4,6-7H2,1-2H3,(H,18,21)(H,19,20)/t12-/m1/s1. The number of carbonyl (C=O) groups is 2. The summed E-state index contributed by atoms with van der Waals surface area (Å²) in [5, 5.41) is 5.72. The molecule has 0 aromatic heterocycles. The van der Waals surface area contributed by atoms with Crippen LogP contribution in [0.1, 0.15) is 51.1 Å². The number of nitrogens with one attached hydrogen (secondary N) is 2. The second-order valence-corrected chi connectivity index (χ2v) is 5.55. The van der Waals surface area contributed by atoms with Crippen LogP contribution in [0.2, 0.25) is 0 Å². The lowest BCUT2D eigenvalue weighted by Gasteiger charge is -2.14. The Morgan fingerprint density at radius 2 is 1.95 bits per heavy atom. The fraction of sp³-hybridized carbons (Fsp3) is 0.412. The first-order valence-corrected chi connectivity index (χ1v) is 7.42. The smallest absolute Gasteiger partial charge is 0.244 e. The Balaban J connectivity index is 1.99. The molecule has 0 heterocycles. The first-order valence-electron chi connectivity index (χ1n) is 7.42. The van der Waals surface area contributed by atoms with E-state index in [2.05, 4.69) is 10.6 Å². The molecule has 1 aliphatic rings. The van der Waals surface area contributed by atoms with Crippen molar-refractivity contribution in [3.8, 4) is 0 Å². The van der Waals surface area contributed by atoms with Gasteiger partial charge in [-0.2, -0.15) is 0 Å². The van der Waals surface area contributed by atoms with Crippen LogP contribution >= 0.6 is 0 Å². The molecule has 4 nitrogen and oxygen atoms in total. The molecule has 1 atom stereocenters. The number of amides is 2. The van der Waals surface area contributed by atoms with Gasteiger partial charge in [-0.05, 0) is 50.3 Å². The molecule has 1 aromatic carbocycles. The number of carbonyl (C=O) groups excluding carboxylic acids is 2. The number of hydrogen-bond donors (Lipinski definition) is 2. The van der Waals surface area contributed by atoms with Gasteiger partial charge in [0, 0.05) is 18.7 Å². The summed E-state index contributed by atoms with van der Waals surface area (Å²) in [4.78, 5) is 23.1. The second kappa shape index (κ2) is 7.07. The minimum Gasteiger partial charge on any atom is -0.346 e. The lowest BCUT2D eigenvalue weighted by molar-refractivity contribution is -0.117. The third-order valence-corrected chi connectivity index (χ3v) is 3.65. The molecule has 0 aliphatic heterocycles. The summed E-state index contributed by atoms with van der Waals surface area (Å²) in [6.45, 7) is 3.42. The van der Waals surface area contributed by atoms with Crippen LogP contribution in [-0.2, 0) is 9.59 Å². The first kappa shape index (κ1) is 15.3. The van der Waals surface area contributed by atoms with Gasteiger partial charge in [0.2, 0.25) is 11.8 Å². The number of anilines is 1. The van der Waals surface area contributed by atoms with Crippen molar-refractivity contribution in [2.24, 2.45) is 0 Å². The molecule has 2 N–H and O–H groups in total. The molecule has 1 fully saturated rings. The molecule has 4 heteroatoms. The lowest BCUT2D eigenvalue weighted by Crippen LogP contribution is -2.25. The predicted octanol–water partition coefficient (Wildman–Crippen LogP) is 3.32. The highest BCUT2D eigenvalue weighted by molar-refractivity contribution is 5.89. The van der Waals surface area contributed by atoms with E-state index in [1.54, 1.807) is 6.08 Å². The van der Waals surface area contributed by atoms with Crippen molar-refractivity contribution in [2.45, 2.75) is 45.6 Å². The molecular formula is C17H22N2O2. The van der Waals surface area contributed by atoms with Crippen molar-refractivity contribution in [1.29, 1.82) is 0 Å². The summed E-state index contributed by atoms with van der Waals surface area (Å²) in [5.41, 5.74) is 2.96. The van der Waals surface area contributed by atoms with Crippen molar-refractivity contribution in [3.63, 3.8) is 0 Å². The van der Waals surface area contributed by atoms with Crippen LogP contribution in [0.4, 0.5) is 5.69 Å². The monoisotopic (exact) mass is 286 g/mol. The van der Waals surface area contributed by atoms with E-state index in [1.165, 1.54) is 25.3 Å². The van der Waals surface area contributed by atoms with Gasteiger partial charge in [0.15, 0.2) is 0 Å². The number of allylic oxidation sites excluding steroid dienone is 1. The SMILES string of the molecule is CC(=O)Nc1cccc([C@@H](C)NC(=O)C=C2CCCC2)c1. The van der Waals surface area contributed by atoms with E-state index in [4.69, 9.17) is 0 Å².